The van der Waals surface area contributed by atoms with Crippen LogP contribution in [0, 0.1) is 0 Å². The Kier molecular flexibility index (Phi) is 3.89. The number of ether oxygens (including phenoxy) is 1. The predicted molar refractivity (Wildman–Crippen MR) is 52.9 cm³/mol. The van der Waals surface area contributed by atoms with Crippen LogP contribution < -0.4 is 5.32 Å². The van der Waals surface area contributed by atoms with Crippen molar-refractivity contribution in [2.45, 2.75) is 44.3 Å². The summed E-state index contributed by atoms with van der Waals surface area (Å²) in [6.07, 6.45) is 2.99. The normalized spacial score (nSPS) is 21.1. The van der Waals surface area contributed by atoms with Gasteiger partial charge >= 0.3 is 0 Å². The minimum absolute atomic E-state index is 0.0348. The lowest BCUT2D eigenvalue weighted by Crippen LogP contribution is -2.44. The third kappa shape index (κ3) is 2.96. The molecule has 1 fully saturated rings. The van der Waals surface area contributed by atoms with Crippen molar-refractivity contribution in [1.82, 2.24) is 5.32 Å². The molecule has 0 radical (unpaired) electrons. The molecule has 0 unspecified atom stereocenters. The first-order valence-electron chi connectivity index (χ1n) is 5.08. The lowest BCUT2D eigenvalue weighted by molar-refractivity contribution is -0.134. The smallest absolute Gasteiger partial charge is 0.222 e. The van der Waals surface area contributed by atoms with E-state index in [1.54, 1.807) is 14.0 Å². The fourth-order valence-electron chi connectivity index (χ4n) is 1.64. The molecule has 1 saturated carbocycles. The molecule has 0 aromatic rings. The van der Waals surface area contributed by atoms with E-state index in [0.29, 0.717) is 13.0 Å². The van der Waals surface area contributed by atoms with Gasteiger partial charge in [-0.1, -0.05) is 0 Å². The molecule has 1 amide bonds. The second kappa shape index (κ2) is 4.75. The number of carbonyl (C=O) groups excluding carboxylic acids is 1. The fourth-order valence-corrected chi connectivity index (χ4v) is 1.64. The zero-order chi connectivity index (χ0) is 10.6. The maximum absolute atomic E-state index is 11.4. The molecule has 0 aliphatic heterocycles. The Morgan fingerprint density at radius 2 is 2.29 bits per heavy atom. The summed E-state index contributed by atoms with van der Waals surface area (Å²) in [4.78, 5) is 11.4. The Balaban J connectivity index is 2.25. The summed E-state index contributed by atoms with van der Waals surface area (Å²) < 4.78 is 5.33. The van der Waals surface area contributed by atoms with Crippen molar-refractivity contribution in [3.63, 3.8) is 0 Å². The highest BCUT2D eigenvalue weighted by Crippen LogP contribution is 2.37. The van der Waals surface area contributed by atoms with E-state index in [1.807, 2.05) is 0 Å². The molecule has 0 aromatic carbocycles. The minimum Gasteiger partial charge on any atom is -0.392 e. The monoisotopic (exact) mass is 201 g/mol. The molecule has 4 nitrogen and oxygen atoms in total. The average molecular weight is 201 g/mol. The van der Waals surface area contributed by atoms with Crippen LogP contribution in [0.2, 0.25) is 0 Å². The molecule has 1 rings (SSSR count). The van der Waals surface area contributed by atoms with Crippen LogP contribution in [0.15, 0.2) is 0 Å². The van der Waals surface area contributed by atoms with Crippen molar-refractivity contribution in [2.75, 3.05) is 13.7 Å². The van der Waals surface area contributed by atoms with Crippen LogP contribution >= 0.6 is 0 Å². The standard InChI is InChI=1S/C10H19NO3/c1-8(12)7-11-9(13)6-10(14-2)4-3-5-10/h8,12H,3-7H2,1-2H3,(H,11,13)/t8-/m1/s1. The van der Waals surface area contributed by atoms with Crippen molar-refractivity contribution in [2.24, 2.45) is 0 Å². The maximum atomic E-state index is 11.4. The molecule has 2 N–H and O–H groups in total. The first kappa shape index (κ1) is 11.5. The predicted octanol–water partition coefficient (Wildman–Crippen LogP) is 0.443. The summed E-state index contributed by atoms with van der Waals surface area (Å²) in [5.74, 6) is -0.0348. The van der Waals surface area contributed by atoms with E-state index >= 15 is 0 Å². The molecular weight excluding hydrogens is 182 g/mol. The fraction of sp³-hybridized carbons (Fsp3) is 0.900. The van der Waals surface area contributed by atoms with Crippen LogP contribution in [-0.2, 0) is 9.53 Å². The molecule has 4 heteroatoms. The quantitative estimate of drug-likeness (QED) is 0.678. The molecule has 0 spiro atoms. The molecule has 1 aliphatic rings. The van der Waals surface area contributed by atoms with Crippen molar-refractivity contribution < 1.29 is 14.6 Å². The summed E-state index contributed by atoms with van der Waals surface area (Å²) in [6.45, 7) is 1.97. The van der Waals surface area contributed by atoms with Gasteiger partial charge in [-0.05, 0) is 26.2 Å². The summed E-state index contributed by atoms with van der Waals surface area (Å²) in [6, 6.07) is 0. The van der Waals surface area contributed by atoms with E-state index in [9.17, 15) is 4.79 Å². The van der Waals surface area contributed by atoms with E-state index in [-0.39, 0.29) is 11.5 Å². The average Bonchev–Trinajstić information content (AvgIpc) is 2.08. The Morgan fingerprint density at radius 3 is 2.64 bits per heavy atom. The Bertz CT molecular complexity index is 194. The van der Waals surface area contributed by atoms with E-state index in [2.05, 4.69) is 5.32 Å². The Morgan fingerprint density at radius 1 is 1.64 bits per heavy atom. The van der Waals surface area contributed by atoms with Crippen molar-refractivity contribution in [3.05, 3.63) is 0 Å². The van der Waals surface area contributed by atoms with Gasteiger partial charge in [-0.2, -0.15) is 0 Å². The van der Waals surface area contributed by atoms with Gasteiger partial charge in [-0.3, -0.25) is 4.79 Å². The highest BCUT2D eigenvalue weighted by molar-refractivity contribution is 5.77. The van der Waals surface area contributed by atoms with Gasteiger partial charge in [-0.25, -0.2) is 0 Å². The van der Waals surface area contributed by atoms with Crippen molar-refractivity contribution in [1.29, 1.82) is 0 Å². The molecule has 0 bridgehead atoms. The summed E-state index contributed by atoms with van der Waals surface area (Å²) in [5, 5.41) is 11.7. The topological polar surface area (TPSA) is 58.6 Å². The number of aliphatic hydroxyl groups is 1. The van der Waals surface area contributed by atoms with Gasteiger partial charge in [0.25, 0.3) is 0 Å². The third-order valence-electron chi connectivity index (χ3n) is 2.78. The van der Waals surface area contributed by atoms with Gasteiger partial charge in [0.1, 0.15) is 0 Å². The largest absolute Gasteiger partial charge is 0.392 e. The first-order chi connectivity index (χ1) is 6.58. The second-order valence-electron chi connectivity index (χ2n) is 4.07. The van der Waals surface area contributed by atoms with Crippen molar-refractivity contribution in [3.8, 4) is 0 Å². The number of amides is 1. The molecule has 0 heterocycles. The number of carbonyl (C=O) groups is 1. The third-order valence-corrected chi connectivity index (χ3v) is 2.78. The molecule has 0 saturated heterocycles. The van der Waals surface area contributed by atoms with E-state index < -0.39 is 6.10 Å². The zero-order valence-electron chi connectivity index (χ0n) is 8.88. The van der Waals surface area contributed by atoms with Gasteiger partial charge in [-0.15, -0.1) is 0 Å². The molecule has 14 heavy (non-hydrogen) atoms. The SMILES string of the molecule is COC1(CC(=O)NC[C@@H](C)O)CCC1. The van der Waals surface area contributed by atoms with Crippen molar-refractivity contribution >= 4 is 5.91 Å². The second-order valence-corrected chi connectivity index (χ2v) is 4.07. The van der Waals surface area contributed by atoms with Crippen LogP contribution in [0.3, 0.4) is 0 Å². The number of hydrogen-bond donors (Lipinski definition) is 2. The number of rotatable bonds is 5. The number of nitrogens with one attached hydrogen (secondary N) is 1. The zero-order valence-corrected chi connectivity index (χ0v) is 8.88. The molecular formula is C10H19NO3. The maximum Gasteiger partial charge on any atom is 0.222 e. The Labute approximate surface area is 84.6 Å². The van der Waals surface area contributed by atoms with E-state index in [1.165, 1.54) is 0 Å². The van der Waals surface area contributed by atoms with Crippen LogP contribution in [0.4, 0.5) is 0 Å². The molecule has 1 aliphatic carbocycles. The van der Waals surface area contributed by atoms with Gasteiger partial charge in [0.2, 0.25) is 5.91 Å². The number of hydrogen-bond acceptors (Lipinski definition) is 3. The summed E-state index contributed by atoms with van der Waals surface area (Å²) in [7, 11) is 1.65. The lowest BCUT2D eigenvalue weighted by atomic mass is 9.77. The van der Waals surface area contributed by atoms with Gasteiger partial charge in [0, 0.05) is 13.7 Å². The van der Waals surface area contributed by atoms with Gasteiger partial charge in [0.15, 0.2) is 0 Å². The highest BCUT2D eigenvalue weighted by atomic mass is 16.5. The van der Waals surface area contributed by atoms with Crippen LogP contribution in [-0.4, -0.2) is 36.4 Å². The number of methoxy groups -OCH3 is 1. The van der Waals surface area contributed by atoms with Crippen LogP contribution in [0.25, 0.3) is 0 Å². The van der Waals surface area contributed by atoms with E-state index in [0.717, 1.165) is 19.3 Å². The van der Waals surface area contributed by atoms with Gasteiger partial charge < -0.3 is 15.2 Å². The molecule has 1 atom stereocenters. The highest BCUT2D eigenvalue weighted by Gasteiger charge is 2.38. The van der Waals surface area contributed by atoms with E-state index in [4.69, 9.17) is 9.84 Å². The summed E-state index contributed by atoms with van der Waals surface area (Å²) in [5.41, 5.74) is -0.219. The van der Waals surface area contributed by atoms with Crippen LogP contribution in [0.5, 0.6) is 0 Å². The minimum atomic E-state index is -0.487. The molecule has 82 valence electrons. The van der Waals surface area contributed by atoms with Crippen LogP contribution in [0.1, 0.15) is 32.6 Å². The lowest BCUT2D eigenvalue weighted by Gasteiger charge is -2.39. The Hall–Kier alpha value is -0.610. The first-order valence-corrected chi connectivity index (χ1v) is 5.08. The summed E-state index contributed by atoms with van der Waals surface area (Å²) >= 11 is 0. The molecule has 0 aromatic heterocycles. The van der Waals surface area contributed by atoms with Gasteiger partial charge in [0.05, 0.1) is 18.1 Å². The number of aliphatic hydroxyl groups excluding tert-OH is 1.